The van der Waals surface area contributed by atoms with E-state index in [1.54, 1.807) is 18.9 Å². The summed E-state index contributed by atoms with van der Waals surface area (Å²) >= 11 is 6.03. The molecule has 2 aromatic carbocycles. The normalized spacial score (nSPS) is 26.3. The van der Waals surface area contributed by atoms with Crippen LogP contribution >= 0.6 is 11.6 Å². The van der Waals surface area contributed by atoms with Gasteiger partial charge in [0, 0.05) is 37.5 Å². The Bertz CT molecular complexity index is 1200. The molecule has 2 bridgehead atoms. The van der Waals surface area contributed by atoms with Gasteiger partial charge in [-0.15, -0.1) is 0 Å². The molecule has 7 nitrogen and oxygen atoms in total. The largest absolute Gasteiger partial charge is 0.489 e. The van der Waals surface area contributed by atoms with Gasteiger partial charge in [0.05, 0.1) is 18.2 Å². The van der Waals surface area contributed by atoms with Crippen LogP contribution in [-0.2, 0) is 32.7 Å². The van der Waals surface area contributed by atoms with Crippen LogP contribution in [0.4, 0.5) is 4.79 Å². The molecule has 1 heterocycles. The molecule has 1 aliphatic heterocycles. The number of rotatable bonds is 9. The van der Waals surface area contributed by atoms with Gasteiger partial charge in [-0.2, -0.15) is 0 Å². The first-order valence-electron chi connectivity index (χ1n) is 14.0. The Morgan fingerprint density at radius 1 is 1.15 bits per heavy atom. The molecule has 2 aromatic rings. The van der Waals surface area contributed by atoms with Crippen molar-refractivity contribution in [2.75, 3.05) is 20.3 Å². The number of carbonyl (C=O) groups excluding carboxylic acids is 2. The van der Waals surface area contributed by atoms with E-state index in [0.717, 1.165) is 29.5 Å². The van der Waals surface area contributed by atoms with E-state index in [0.29, 0.717) is 63.4 Å². The number of alkyl halides is 1. The fourth-order valence-corrected chi connectivity index (χ4v) is 7.10. The van der Waals surface area contributed by atoms with Gasteiger partial charge in [-0.1, -0.05) is 61.3 Å². The van der Waals surface area contributed by atoms with E-state index in [4.69, 9.17) is 30.5 Å². The second-order valence-electron chi connectivity index (χ2n) is 10.9. The number of ether oxygens (including phenoxy) is 4. The second-order valence-corrected chi connectivity index (χ2v) is 11.5. The third-order valence-electron chi connectivity index (χ3n) is 8.72. The predicted molar refractivity (Wildman–Crippen MR) is 149 cm³/mol. The van der Waals surface area contributed by atoms with Crippen LogP contribution in [0.15, 0.2) is 42.5 Å². The number of hydrogen-bond donors (Lipinski definition) is 0. The highest BCUT2D eigenvalue weighted by atomic mass is 35.5. The number of benzene rings is 2. The minimum Gasteiger partial charge on any atom is -0.489 e. The smallest absolute Gasteiger partial charge is 0.411 e. The van der Waals surface area contributed by atoms with Crippen LogP contribution in [0.3, 0.4) is 0 Å². The zero-order valence-electron chi connectivity index (χ0n) is 23.0. The molecule has 3 aliphatic rings. The van der Waals surface area contributed by atoms with E-state index >= 15 is 0 Å². The van der Waals surface area contributed by atoms with Crippen molar-refractivity contribution < 1.29 is 28.5 Å². The highest BCUT2D eigenvalue weighted by Gasteiger charge is 2.68. The molecule has 5 rings (SSSR count). The van der Waals surface area contributed by atoms with Gasteiger partial charge >= 0.3 is 6.09 Å². The van der Waals surface area contributed by atoms with Crippen molar-refractivity contribution in [1.29, 1.82) is 0 Å². The van der Waals surface area contributed by atoms with Crippen LogP contribution in [0.25, 0.3) is 0 Å². The summed E-state index contributed by atoms with van der Waals surface area (Å²) in [6.45, 7) is 5.16. The Morgan fingerprint density at radius 2 is 1.95 bits per heavy atom. The Hall–Kier alpha value is -2.77. The second kappa shape index (κ2) is 11.4. The lowest BCUT2D eigenvalue weighted by Crippen LogP contribution is -2.74. The van der Waals surface area contributed by atoms with E-state index in [-0.39, 0.29) is 11.8 Å². The number of piperidine rings is 1. The highest BCUT2D eigenvalue weighted by Crippen LogP contribution is 2.62. The lowest BCUT2D eigenvalue weighted by Gasteiger charge is -2.64. The molecule has 1 saturated carbocycles. The summed E-state index contributed by atoms with van der Waals surface area (Å²) in [7, 11) is 1.70. The molecule has 8 heteroatoms. The molecule has 1 saturated heterocycles. The Labute approximate surface area is 235 Å². The molecular formula is C31H38ClNO6. The van der Waals surface area contributed by atoms with Gasteiger partial charge in [0.25, 0.3) is 0 Å². The van der Waals surface area contributed by atoms with Gasteiger partial charge in [0.2, 0.25) is 0 Å². The Kier molecular flexibility index (Phi) is 8.11. The number of amides is 1. The third-order valence-corrected chi connectivity index (χ3v) is 8.81. The first kappa shape index (κ1) is 27.8. The van der Waals surface area contributed by atoms with E-state index in [1.807, 2.05) is 36.4 Å². The van der Waals surface area contributed by atoms with Crippen molar-refractivity contribution in [3.63, 3.8) is 0 Å². The molecular weight excluding hydrogens is 518 g/mol. The van der Waals surface area contributed by atoms with Crippen LogP contribution in [0, 0.1) is 0 Å². The fraction of sp³-hybridized carbons (Fsp3) is 0.548. The number of ketones is 1. The van der Waals surface area contributed by atoms with Crippen molar-refractivity contribution >= 4 is 23.5 Å². The molecule has 0 aromatic heterocycles. The SMILES string of the molecule is CCCCOc1c(OCc2ccccc2)ccc2c1[C@]13CCN(C(=O)OC(C)Cl)[C@@H](C2)[C@]1(OC)CCC(=O)C3. The Balaban J connectivity index is 1.63. The van der Waals surface area contributed by atoms with E-state index in [9.17, 15) is 9.59 Å². The third kappa shape index (κ3) is 4.89. The lowest BCUT2D eigenvalue weighted by molar-refractivity contribution is -0.182. The van der Waals surface area contributed by atoms with Gasteiger partial charge in [0.15, 0.2) is 17.1 Å². The monoisotopic (exact) mass is 555 g/mol. The first-order chi connectivity index (χ1) is 18.8. The molecule has 0 radical (unpaired) electrons. The zero-order valence-corrected chi connectivity index (χ0v) is 23.8. The molecule has 0 spiro atoms. The number of halogens is 1. The minimum atomic E-state index is -0.762. The number of hydrogen-bond acceptors (Lipinski definition) is 6. The van der Waals surface area contributed by atoms with Crippen molar-refractivity contribution in [1.82, 2.24) is 4.90 Å². The van der Waals surface area contributed by atoms with Crippen LogP contribution < -0.4 is 9.47 Å². The van der Waals surface area contributed by atoms with E-state index in [2.05, 4.69) is 13.0 Å². The molecule has 2 fully saturated rings. The van der Waals surface area contributed by atoms with Gasteiger partial charge < -0.3 is 23.8 Å². The fourth-order valence-electron chi connectivity index (χ4n) is 7.02. The number of carbonyl (C=O) groups is 2. The van der Waals surface area contributed by atoms with Crippen molar-refractivity contribution in [3.05, 3.63) is 59.2 Å². The molecule has 210 valence electrons. The number of unbranched alkanes of at least 4 members (excludes halogenated alkanes) is 1. The Morgan fingerprint density at radius 3 is 2.67 bits per heavy atom. The quantitative estimate of drug-likeness (QED) is 0.272. The average molecular weight is 556 g/mol. The molecule has 4 atom stereocenters. The number of methoxy groups -OCH3 is 1. The van der Waals surface area contributed by atoms with Crippen molar-refractivity contribution in [3.8, 4) is 11.5 Å². The summed E-state index contributed by atoms with van der Waals surface area (Å²) in [6.07, 6.45) is 3.84. The van der Waals surface area contributed by atoms with Crippen molar-refractivity contribution in [2.24, 2.45) is 0 Å². The minimum absolute atomic E-state index is 0.204. The molecule has 2 aliphatic carbocycles. The standard InChI is InChI=1S/C31H38ClNO6/c1-4-5-17-37-28-25(38-20-22-9-7-6-8-10-22)12-11-23-18-26-31(36-3)14-13-24(34)19-30(31,27(23)28)15-16-33(26)29(35)39-21(2)32/h6-12,21,26H,4-5,13-20H2,1-3H3/t21?,26-,30+,31+/m0/s1. The molecule has 39 heavy (non-hydrogen) atoms. The number of Topliss-reactive ketones (excluding diaryl/α,β-unsaturated/α-hetero) is 1. The van der Waals surface area contributed by atoms with Gasteiger partial charge in [-0.25, -0.2) is 4.79 Å². The van der Waals surface area contributed by atoms with E-state index < -0.39 is 22.7 Å². The number of nitrogens with zero attached hydrogens (tertiary/aromatic N) is 1. The lowest BCUT2D eigenvalue weighted by atomic mass is 9.49. The van der Waals surface area contributed by atoms with Crippen LogP contribution in [0.1, 0.15) is 69.1 Å². The summed E-state index contributed by atoms with van der Waals surface area (Å²) in [6, 6.07) is 13.8. The summed E-state index contributed by atoms with van der Waals surface area (Å²) in [4.78, 5) is 28.1. The van der Waals surface area contributed by atoms with Gasteiger partial charge in [0.1, 0.15) is 12.4 Å². The van der Waals surface area contributed by atoms with Crippen LogP contribution in [0.5, 0.6) is 11.5 Å². The summed E-state index contributed by atoms with van der Waals surface area (Å²) in [5.74, 6) is 1.58. The molecule has 0 N–H and O–H groups in total. The summed E-state index contributed by atoms with van der Waals surface area (Å²) < 4.78 is 24.8. The first-order valence-corrected chi connectivity index (χ1v) is 14.4. The summed E-state index contributed by atoms with van der Waals surface area (Å²) in [5.41, 5.74) is 0.974. The summed E-state index contributed by atoms with van der Waals surface area (Å²) in [5, 5.41) is 0. The van der Waals surface area contributed by atoms with Crippen LogP contribution in [0.2, 0.25) is 0 Å². The maximum absolute atomic E-state index is 13.2. The van der Waals surface area contributed by atoms with Gasteiger partial charge in [-0.05, 0) is 49.8 Å². The van der Waals surface area contributed by atoms with E-state index in [1.165, 1.54) is 0 Å². The number of fused-ring (bicyclic) bond motifs is 1. The molecule has 1 amide bonds. The van der Waals surface area contributed by atoms with Crippen LogP contribution in [-0.4, -0.2) is 54.2 Å². The number of likely N-dealkylation sites (tertiary alicyclic amines) is 1. The highest BCUT2D eigenvalue weighted by molar-refractivity contribution is 6.19. The maximum Gasteiger partial charge on any atom is 0.411 e. The van der Waals surface area contributed by atoms with Gasteiger partial charge in [-0.3, -0.25) is 4.79 Å². The topological polar surface area (TPSA) is 74.3 Å². The van der Waals surface area contributed by atoms with Crippen molar-refractivity contribution in [2.45, 2.75) is 88.0 Å². The molecule has 1 unspecified atom stereocenters. The predicted octanol–water partition coefficient (Wildman–Crippen LogP) is 6.17. The zero-order chi connectivity index (χ0) is 27.6. The average Bonchev–Trinajstić information content (AvgIpc) is 2.92. The maximum atomic E-state index is 13.2.